The fourth-order valence-electron chi connectivity index (χ4n) is 1.51. The van der Waals surface area contributed by atoms with Crippen LogP contribution in [0.1, 0.15) is 16.1 Å². The Labute approximate surface area is 110 Å². The summed E-state index contributed by atoms with van der Waals surface area (Å²) in [4.78, 5) is 11.7. The number of aryl methyl sites for hydroxylation is 1. The fraction of sp³-hybridized carbons (Fsp3) is 0.154. The van der Waals surface area contributed by atoms with Gasteiger partial charge in [0, 0.05) is 13.2 Å². The van der Waals surface area contributed by atoms with E-state index in [0.717, 1.165) is 11.3 Å². The van der Waals surface area contributed by atoms with Crippen molar-refractivity contribution in [3.8, 4) is 5.75 Å². The van der Waals surface area contributed by atoms with Crippen molar-refractivity contribution >= 4 is 12.1 Å². The Morgan fingerprint density at radius 1 is 1.37 bits per heavy atom. The van der Waals surface area contributed by atoms with Crippen molar-refractivity contribution in [2.45, 2.75) is 0 Å². The fourth-order valence-corrected chi connectivity index (χ4v) is 1.51. The summed E-state index contributed by atoms with van der Waals surface area (Å²) < 4.78 is 6.53. The van der Waals surface area contributed by atoms with Crippen molar-refractivity contribution in [1.29, 1.82) is 0 Å². The minimum absolute atomic E-state index is 0.301. The van der Waals surface area contributed by atoms with Gasteiger partial charge in [0.15, 0.2) is 0 Å². The van der Waals surface area contributed by atoms with E-state index in [-0.39, 0.29) is 5.91 Å². The van der Waals surface area contributed by atoms with E-state index < -0.39 is 0 Å². The molecular formula is C13H14N4O2. The van der Waals surface area contributed by atoms with E-state index in [9.17, 15) is 4.79 Å². The van der Waals surface area contributed by atoms with Crippen LogP contribution in [0.2, 0.25) is 0 Å². The molecule has 1 heterocycles. The largest absolute Gasteiger partial charge is 0.497 e. The van der Waals surface area contributed by atoms with Gasteiger partial charge in [-0.25, -0.2) is 5.43 Å². The lowest BCUT2D eigenvalue weighted by molar-refractivity contribution is 0.0945. The molecule has 0 unspecified atom stereocenters. The molecule has 98 valence electrons. The van der Waals surface area contributed by atoms with Crippen LogP contribution in [0, 0.1) is 0 Å². The Balaban J connectivity index is 1.96. The lowest BCUT2D eigenvalue weighted by Gasteiger charge is -2.00. The summed E-state index contributed by atoms with van der Waals surface area (Å²) in [7, 11) is 3.30. The maximum Gasteiger partial charge on any atom is 0.289 e. The van der Waals surface area contributed by atoms with Gasteiger partial charge in [-0.15, -0.1) is 0 Å². The molecule has 0 saturated heterocycles. The van der Waals surface area contributed by atoms with Crippen LogP contribution in [0.15, 0.2) is 41.6 Å². The van der Waals surface area contributed by atoms with Crippen molar-refractivity contribution in [2.24, 2.45) is 12.1 Å². The summed E-state index contributed by atoms with van der Waals surface area (Å²) in [5, 5.41) is 7.80. The second-order valence-electron chi connectivity index (χ2n) is 3.81. The number of carbonyl (C=O) groups is 1. The topological polar surface area (TPSA) is 68.5 Å². The number of aromatic nitrogens is 2. The molecule has 0 fully saturated rings. The summed E-state index contributed by atoms with van der Waals surface area (Å²) in [6, 6.07) is 8.96. The lowest BCUT2D eigenvalue weighted by atomic mass is 10.2. The van der Waals surface area contributed by atoms with E-state index in [4.69, 9.17) is 4.74 Å². The predicted molar refractivity (Wildman–Crippen MR) is 71.3 cm³/mol. The number of carbonyl (C=O) groups excluding carboxylic acids is 1. The van der Waals surface area contributed by atoms with Gasteiger partial charge >= 0.3 is 0 Å². The first-order valence-electron chi connectivity index (χ1n) is 5.66. The monoisotopic (exact) mass is 258 g/mol. The summed E-state index contributed by atoms with van der Waals surface area (Å²) in [5.41, 5.74) is 3.76. The van der Waals surface area contributed by atoms with Gasteiger partial charge in [0.2, 0.25) is 0 Å². The normalized spacial score (nSPS) is 10.6. The third-order valence-electron chi connectivity index (χ3n) is 2.55. The molecule has 2 rings (SSSR count). The molecule has 2 aromatic rings. The highest BCUT2D eigenvalue weighted by molar-refractivity contribution is 5.93. The number of hydrazone groups is 1. The second-order valence-corrected chi connectivity index (χ2v) is 3.81. The smallest absolute Gasteiger partial charge is 0.289 e. The maximum atomic E-state index is 11.7. The zero-order valence-electron chi connectivity index (χ0n) is 10.7. The third-order valence-corrected chi connectivity index (χ3v) is 2.55. The standard InChI is InChI=1S/C13H14N4O2/c1-17-12(7-8-15-17)13(18)16-14-9-10-3-5-11(19-2)6-4-10/h3-9H,1-2H3,(H,16,18)/b14-9-. The molecule has 1 N–H and O–H groups in total. The molecular weight excluding hydrogens is 244 g/mol. The van der Waals surface area contributed by atoms with Gasteiger partial charge in [0.05, 0.1) is 13.3 Å². The summed E-state index contributed by atoms with van der Waals surface area (Å²) in [6.07, 6.45) is 3.12. The first-order valence-corrected chi connectivity index (χ1v) is 5.66. The molecule has 0 aliphatic heterocycles. The number of methoxy groups -OCH3 is 1. The van der Waals surface area contributed by atoms with Crippen molar-refractivity contribution in [2.75, 3.05) is 7.11 Å². The number of hydrogen-bond donors (Lipinski definition) is 1. The maximum absolute atomic E-state index is 11.7. The molecule has 1 aromatic heterocycles. The van der Waals surface area contributed by atoms with Crippen molar-refractivity contribution in [3.05, 3.63) is 47.8 Å². The van der Waals surface area contributed by atoms with Crippen LogP contribution < -0.4 is 10.2 Å². The highest BCUT2D eigenvalue weighted by Crippen LogP contribution is 2.09. The number of benzene rings is 1. The van der Waals surface area contributed by atoms with E-state index in [1.807, 2.05) is 24.3 Å². The van der Waals surface area contributed by atoms with Gasteiger partial charge in [0.1, 0.15) is 11.4 Å². The SMILES string of the molecule is COc1ccc(/C=N\NC(=O)c2ccnn2C)cc1. The Bertz CT molecular complexity index is 587. The zero-order valence-corrected chi connectivity index (χ0v) is 10.7. The Hall–Kier alpha value is -2.63. The number of ether oxygens (including phenoxy) is 1. The molecule has 6 nitrogen and oxygen atoms in total. The molecule has 0 atom stereocenters. The molecule has 0 bridgehead atoms. The van der Waals surface area contributed by atoms with E-state index in [2.05, 4.69) is 15.6 Å². The second kappa shape index (κ2) is 5.81. The Kier molecular flexibility index (Phi) is 3.92. The van der Waals surface area contributed by atoms with Crippen LogP contribution >= 0.6 is 0 Å². The molecule has 1 aromatic carbocycles. The first-order chi connectivity index (χ1) is 9.20. The summed E-state index contributed by atoms with van der Waals surface area (Å²) in [5.74, 6) is 0.473. The molecule has 0 radical (unpaired) electrons. The van der Waals surface area contributed by atoms with Crippen LogP contribution in [0.25, 0.3) is 0 Å². The number of nitrogens with zero attached hydrogens (tertiary/aromatic N) is 3. The minimum Gasteiger partial charge on any atom is -0.497 e. The van der Waals surface area contributed by atoms with E-state index >= 15 is 0 Å². The molecule has 19 heavy (non-hydrogen) atoms. The number of hydrogen-bond acceptors (Lipinski definition) is 4. The van der Waals surface area contributed by atoms with Crippen LogP contribution in [0.5, 0.6) is 5.75 Å². The Morgan fingerprint density at radius 2 is 2.11 bits per heavy atom. The summed E-state index contributed by atoms with van der Waals surface area (Å²) in [6.45, 7) is 0. The van der Waals surface area contributed by atoms with Crippen molar-refractivity contribution < 1.29 is 9.53 Å². The van der Waals surface area contributed by atoms with Gasteiger partial charge in [0.25, 0.3) is 5.91 Å². The molecule has 1 amide bonds. The van der Waals surface area contributed by atoms with E-state index in [0.29, 0.717) is 5.69 Å². The number of nitrogens with one attached hydrogen (secondary N) is 1. The highest BCUT2D eigenvalue weighted by Gasteiger charge is 2.07. The van der Waals surface area contributed by atoms with Crippen molar-refractivity contribution in [1.82, 2.24) is 15.2 Å². The average Bonchev–Trinajstić information content (AvgIpc) is 2.86. The average molecular weight is 258 g/mol. The van der Waals surface area contributed by atoms with Crippen LogP contribution in [0.4, 0.5) is 0 Å². The molecule has 0 aliphatic carbocycles. The zero-order chi connectivity index (χ0) is 13.7. The van der Waals surface area contributed by atoms with Crippen LogP contribution in [-0.4, -0.2) is 29.0 Å². The van der Waals surface area contributed by atoms with Gasteiger partial charge < -0.3 is 4.74 Å². The predicted octanol–water partition coefficient (Wildman–Crippen LogP) is 1.19. The minimum atomic E-state index is -0.301. The first kappa shape index (κ1) is 12.8. The van der Waals surface area contributed by atoms with Gasteiger partial charge in [-0.1, -0.05) is 0 Å². The highest BCUT2D eigenvalue weighted by atomic mass is 16.5. The van der Waals surface area contributed by atoms with Gasteiger partial charge in [-0.05, 0) is 35.9 Å². The van der Waals surface area contributed by atoms with Crippen molar-refractivity contribution in [3.63, 3.8) is 0 Å². The molecule has 0 saturated carbocycles. The summed E-state index contributed by atoms with van der Waals surface area (Å²) >= 11 is 0. The third kappa shape index (κ3) is 3.19. The number of rotatable bonds is 4. The lowest BCUT2D eigenvalue weighted by Crippen LogP contribution is -2.20. The number of amides is 1. The van der Waals surface area contributed by atoms with Gasteiger partial charge in [-0.2, -0.15) is 10.2 Å². The molecule has 0 spiro atoms. The molecule has 0 aliphatic rings. The van der Waals surface area contributed by atoms with Gasteiger partial charge in [-0.3, -0.25) is 9.48 Å². The quantitative estimate of drug-likeness (QED) is 0.661. The molecule has 6 heteroatoms. The van der Waals surface area contributed by atoms with E-state index in [1.54, 1.807) is 32.6 Å². The van der Waals surface area contributed by atoms with Crippen LogP contribution in [-0.2, 0) is 7.05 Å². The Morgan fingerprint density at radius 3 is 2.68 bits per heavy atom. The van der Waals surface area contributed by atoms with E-state index in [1.165, 1.54) is 4.68 Å². The van der Waals surface area contributed by atoms with Crippen LogP contribution in [0.3, 0.4) is 0 Å².